The number of rotatable bonds is 1. The van der Waals surface area contributed by atoms with Gasteiger partial charge in [-0.3, -0.25) is 4.98 Å². The number of hydrogen-bond acceptors (Lipinski definition) is 3. The van der Waals surface area contributed by atoms with Crippen LogP contribution in [-0.2, 0) is 0 Å². The first kappa shape index (κ1) is 12.6. The Morgan fingerprint density at radius 3 is 2.72 bits per heavy atom. The van der Waals surface area contributed by atoms with E-state index in [0.717, 1.165) is 25.2 Å². The van der Waals surface area contributed by atoms with Gasteiger partial charge in [0, 0.05) is 19.3 Å². The first-order valence-corrected chi connectivity index (χ1v) is 6.31. The Labute approximate surface area is 109 Å². The lowest BCUT2D eigenvalue weighted by Crippen LogP contribution is -2.31. The van der Waals surface area contributed by atoms with E-state index in [2.05, 4.69) is 42.8 Å². The summed E-state index contributed by atoms with van der Waals surface area (Å²) in [6, 6.07) is 4.01. The Morgan fingerprint density at radius 1 is 1.39 bits per heavy atom. The molecule has 2 rings (SSSR count). The molecule has 0 atom stereocenters. The van der Waals surface area contributed by atoms with Crippen LogP contribution in [0.15, 0.2) is 30.1 Å². The average Bonchev–Trinajstić information content (AvgIpc) is 2.38. The smallest absolute Gasteiger partial charge is 0.101 e. The van der Waals surface area contributed by atoms with Crippen LogP contribution in [0.25, 0.3) is 0 Å². The number of nitrogens with zero attached hydrogens (tertiary/aromatic N) is 3. The highest BCUT2D eigenvalue weighted by molar-refractivity contribution is 5.58. The van der Waals surface area contributed by atoms with Gasteiger partial charge in [0.1, 0.15) is 6.07 Å². The molecule has 3 nitrogen and oxygen atoms in total. The van der Waals surface area contributed by atoms with Crippen molar-refractivity contribution in [1.82, 2.24) is 4.98 Å². The van der Waals surface area contributed by atoms with Crippen molar-refractivity contribution in [3.05, 3.63) is 35.7 Å². The number of hydrogen-bond donors (Lipinski definition) is 0. The molecule has 0 spiro atoms. The van der Waals surface area contributed by atoms with Crippen LogP contribution >= 0.6 is 0 Å². The van der Waals surface area contributed by atoms with Crippen LogP contribution in [0.4, 0.5) is 5.69 Å². The lowest BCUT2D eigenvalue weighted by Gasteiger charge is -2.33. The largest absolute Gasteiger partial charge is 0.365 e. The fourth-order valence-electron chi connectivity index (χ4n) is 2.30. The van der Waals surface area contributed by atoms with E-state index in [1.165, 1.54) is 5.57 Å². The molecule has 0 N–H and O–H groups in total. The van der Waals surface area contributed by atoms with Crippen molar-refractivity contribution >= 4 is 5.69 Å². The minimum atomic E-state index is 0.249. The minimum absolute atomic E-state index is 0.249. The molecule has 0 radical (unpaired) electrons. The minimum Gasteiger partial charge on any atom is -0.365 e. The summed E-state index contributed by atoms with van der Waals surface area (Å²) in [4.78, 5) is 6.35. The predicted octanol–water partition coefficient (Wildman–Crippen LogP) is 3.14. The summed E-state index contributed by atoms with van der Waals surface area (Å²) in [5.74, 6) is 0. The van der Waals surface area contributed by atoms with Gasteiger partial charge < -0.3 is 4.90 Å². The first-order chi connectivity index (χ1) is 8.52. The van der Waals surface area contributed by atoms with E-state index < -0.39 is 0 Å². The topological polar surface area (TPSA) is 39.9 Å². The molecule has 0 saturated carbocycles. The molecule has 0 unspecified atom stereocenters. The number of nitriles is 1. The molecule has 1 aromatic heterocycles. The Morgan fingerprint density at radius 2 is 2.17 bits per heavy atom. The second kappa shape index (κ2) is 4.81. The van der Waals surface area contributed by atoms with Gasteiger partial charge in [0.05, 0.1) is 17.4 Å². The van der Waals surface area contributed by atoms with Crippen molar-refractivity contribution in [2.75, 3.05) is 18.0 Å². The van der Waals surface area contributed by atoms with Crippen molar-refractivity contribution in [2.45, 2.75) is 27.2 Å². The highest BCUT2D eigenvalue weighted by Crippen LogP contribution is 2.31. The Kier molecular flexibility index (Phi) is 3.38. The zero-order chi connectivity index (χ0) is 13.2. The SMILES string of the molecule is CC(C)(C)C1=CCN(c2cnccc2C#N)CC1. The van der Waals surface area contributed by atoms with Crippen molar-refractivity contribution in [3.63, 3.8) is 0 Å². The Balaban J connectivity index is 2.20. The van der Waals surface area contributed by atoms with Gasteiger partial charge in [-0.2, -0.15) is 5.26 Å². The van der Waals surface area contributed by atoms with E-state index in [-0.39, 0.29) is 5.41 Å². The Bertz CT molecular complexity index is 503. The molecule has 1 aliphatic heterocycles. The fraction of sp³-hybridized carbons (Fsp3) is 0.467. The van der Waals surface area contributed by atoms with Crippen LogP contribution in [-0.4, -0.2) is 18.1 Å². The summed E-state index contributed by atoms with van der Waals surface area (Å²) in [5, 5.41) is 9.11. The highest BCUT2D eigenvalue weighted by atomic mass is 15.1. The molecule has 0 aromatic carbocycles. The normalized spacial score (nSPS) is 16.1. The summed E-state index contributed by atoms with van der Waals surface area (Å²) in [6.45, 7) is 8.58. The van der Waals surface area contributed by atoms with Crippen molar-refractivity contribution in [2.24, 2.45) is 5.41 Å². The van der Waals surface area contributed by atoms with E-state index in [1.807, 2.05) is 0 Å². The number of pyridine rings is 1. The highest BCUT2D eigenvalue weighted by Gasteiger charge is 2.22. The molecule has 18 heavy (non-hydrogen) atoms. The fourth-order valence-corrected chi connectivity index (χ4v) is 2.30. The average molecular weight is 241 g/mol. The van der Waals surface area contributed by atoms with Crippen LogP contribution in [0.1, 0.15) is 32.8 Å². The summed E-state index contributed by atoms with van der Waals surface area (Å²) in [6.07, 6.45) is 6.80. The van der Waals surface area contributed by atoms with Gasteiger partial charge in [0.2, 0.25) is 0 Å². The molecule has 0 amide bonds. The molecular formula is C15H19N3. The zero-order valence-electron chi connectivity index (χ0n) is 11.3. The second-order valence-corrected chi connectivity index (χ2v) is 5.68. The zero-order valence-corrected chi connectivity index (χ0v) is 11.3. The lowest BCUT2D eigenvalue weighted by molar-refractivity contribution is 0.472. The third kappa shape index (κ3) is 2.53. The summed E-state index contributed by atoms with van der Waals surface area (Å²) >= 11 is 0. The van der Waals surface area contributed by atoms with E-state index in [9.17, 15) is 0 Å². The van der Waals surface area contributed by atoms with Crippen LogP contribution in [0.3, 0.4) is 0 Å². The molecule has 94 valence electrons. The second-order valence-electron chi connectivity index (χ2n) is 5.68. The summed E-state index contributed by atoms with van der Waals surface area (Å²) < 4.78 is 0. The van der Waals surface area contributed by atoms with Crippen LogP contribution < -0.4 is 4.90 Å². The van der Waals surface area contributed by atoms with E-state index in [1.54, 1.807) is 18.5 Å². The van der Waals surface area contributed by atoms with Gasteiger partial charge >= 0.3 is 0 Å². The lowest BCUT2D eigenvalue weighted by atomic mass is 9.83. The van der Waals surface area contributed by atoms with Crippen molar-refractivity contribution in [1.29, 1.82) is 5.26 Å². The van der Waals surface area contributed by atoms with Gasteiger partial charge in [-0.05, 0) is 17.9 Å². The van der Waals surface area contributed by atoms with Gasteiger partial charge in [0.15, 0.2) is 0 Å². The maximum absolute atomic E-state index is 9.11. The molecule has 1 aliphatic rings. The molecule has 2 heterocycles. The summed E-state index contributed by atoms with van der Waals surface area (Å²) in [7, 11) is 0. The number of aromatic nitrogens is 1. The van der Waals surface area contributed by atoms with Gasteiger partial charge in [-0.25, -0.2) is 0 Å². The maximum Gasteiger partial charge on any atom is 0.101 e. The summed E-state index contributed by atoms with van der Waals surface area (Å²) in [5.41, 5.74) is 3.40. The predicted molar refractivity (Wildman–Crippen MR) is 73.3 cm³/mol. The van der Waals surface area contributed by atoms with Gasteiger partial charge in [-0.1, -0.05) is 32.4 Å². The van der Waals surface area contributed by atoms with Crippen LogP contribution in [0, 0.1) is 16.7 Å². The third-order valence-electron chi connectivity index (χ3n) is 3.43. The Hall–Kier alpha value is -1.82. The van der Waals surface area contributed by atoms with E-state index >= 15 is 0 Å². The molecule has 0 bridgehead atoms. The third-order valence-corrected chi connectivity index (χ3v) is 3.43. The van der Waals surface area contributed by atoms with Gasteiger partial charge in [0.25, 0.3) is 0 Å². The molecule has 0 aliphatic carbocycles. The molecule has 3 heteroatoms. The van der Waals surface area contributed by atoms with E-state index in [4.69, 9.17) is 5.26 Å². The standard InChI is InChI=1S/C15H19N3/c1-15(2,3)13-5-8-18(9-6-13)14-11-17-7-4-12(14)10-16/h4-5,7,11H,6,8-9H2,1-3H3. The number of anilines is 1. The van der Waals surface area contributed by atoms with Crippen LogP contribution in [0.2, 0.25) is 0 Å². The molecule has 1 aromatic rings. The van der Waals surface area contributed by atoms with Crippen LogP contribution in [0.5, 0.6) is 0 Å². The first-order valence-electron chi connectivity index (χ1n) is 6.31. The quantitative estimate of drug-likeness (QED) is 0.709. The van der Waals surface area contributed by atoms with Gasteiger partial charge in [-0.15, -0.1) is 0 Å². The molecular weight excluding hydrogens is 222 g/mol. The van der Waals surface area contributed by atoms with Crippen molar-refractivity contribution in [3.8, 4) is 6.07 Å². The maximum atomic E-state index is 9.11. The molecule has 0 fully saturated rings. The van der Waals surface area contributed by atoms with E-state index in [0.29, 0.717) is 5.56 Å². The molecule has 0 saturated heterocycles. The monoisotopic (exact) mass is 241 g/mol. The van der Waals surface area contributed by atoms with Crippen molar-refractivity contribution < 1.29 is 0 Å².